The normalized spacial score (nSPS) is 12.5. The van der Waals surface area contributed by atoms with Gasteiger partial charge in [0.05, 0.1) is 4.90 Å². The Morgan fingerprint density at radius 1 is 1.27 bits per heavy atom. The summed E-state index contributed by atoms with van der Waals surface area (Å²) in [4.78, 5) is 21.9. The number of rotatable bonds is 5. The highest BCUT2D eigenvalue weighted by atomic mass is 32.2. The van der Waals surface area contributed by atoms with Crippen LogP contribution in [0.1, 0.15) is 11.1 Å². The lowest BCUT2D eigenvalue weighted by molar-refractivity contribution is -0.138. The van der Waals surface area contributed by atoms with Crippen LogP contribution in [0.15, 0.2) is 17.0 Å². The maximum atomic E-state index is 11.7. The third-order valence-electron chi connectivity index (χ3n) is 2.85. The highest BCUT2D eigenvalue weighted by molar-refractivity contribution is 7.85. The molecule has 1 aromatic carbocycles. The van der Waals surface area contributed by atoms with Gasteiger partial charge in [-0.3, -0.25) is 9.35 Å². The SMILES string of the molecule is Cc1cc(C)c(S(=O)(=O)O)cc1NC(=O)NCC(N)C(=O)O. The molecule has 0 saturated heterocycles. The van der Waals surface area contributed by atoms with Crippen molar-refractivity contribution >= 4 is 27.8 Å². The number of carbonyl (C=O) groups excluding carboxylic acids is 1. The fourth-order valence-corrected chi connectivity index (χ4v) is 2.43. The van der Waals surface area contributed by atoms with Crippen LogP contribution in [-0.4, -0.2) is 42.7 Å². The number of nitrogens with one attached hydrogen (secondary N) is 2. The molecule has 1 aromatic rings. The molecule has 0 bridgehead atoms. The fourth-order valence-electron chi connectivity index (χ4n) is 1.70. The van der Waals surface area contributed by atoms with Crippen LogP contribution in [0.25, 0.3) is 0 Å². The molecule has 10 heteroatoms. The second-order valence-electron chi connectivity index (χ2n) is 4.69. The minimum atomic E-state index is -4.41. The number of carboxylic acid groups (broad SMARTS) is 1. The van der Waals surface area contributed by atoms with E-state index in [2.05, 4.69) is 10.6 Å². The van der Waals surface area contributed by atoms with Crippen molar-refractivity contribution in [3.05, 3.63) is 23.3 Å². The molecule has 0 heterocycles. The van der Waals surface area contributed by atoms with E-state index in [0.717, 1.165) is 6.07 Å². The summed E-state index contributed by atoms with van der Waals surface area (Å²) < 4.78 is 31.6. The predicted octanol–water partition coefficient (Wildman–Crippen LogP) is 0.0835. The molecule has 1 unspecified atom stereocenters. The lowest BCUT2D eigenvalue weighted by Crippen LogP contribution is -2.43. The molecule has 0 aliphatic rings. The van der Waals surface area contributed by atoms with Crippen molar-refractivity contribution in [2.24, 2.45) is 5.73 Å². The Morgan fingerprint density at radius 3 is 2.36 bits per heavy atom. The zero-order valence-corrected chi connectivity index (χ0v) is 12.8. The Kier molecular flexibility index (Phi) is 5.47. The van der Waals surface area contributed by atoms with Crippen LogP contribution in [0.2, 0.25) is 0 Å². The van der Waals surface area contributed by atoms with Crippen LogP contribution in [-0.2, 0) is 14.9 Å². The molecule has 22 heavy (non-hydrogen) atoms. The van der Waals surface area contributed by atoms with E-state index in [1.54, 1.807) is 6.92 Å². The molecule has 6 N–H and O–H groups in total. The van der Waals surface area contributed by atoms with Crippen molar-refractivity contribution in [3.8, 4) is 0 Å². The van der Waals surface area contributed by atoms with E-state index < -0.39 is 28.2 Å². The summed E-state index contributed by atoms with van der Waals surface area (Å²) in [5, 5.41) is 13.2. The van der Waals surface area contributed by atoms with Crippen molar-refractivity contribution in [1.29, 1.82) is 0 Å². The van der Waals surface area contributed by atoms with Gasteiger partial charge < -0.3 is 21.5 Å². The number of hydrogen-bond acceptors (Lipinski definition) is 5. The Hall–Kier alpha value is -2.17. The van der Waals surface area contributed by atoms with Gasteiger partial charge in [0.1, 0.15) is 6.04 Å². The number of amides is 2. The Bertz CT molecular complexity index is 701. The molecule has 9 nitrogen and oxygen atoms in total. The van der Waals surface area contributed by atoms with Crippen LogP contribution >= 0.6 is 0 Å². The minimum absolute atomic E-state index is 0.166. The molecule has 0 aliphatic carbocycles. The molecule has 0 aliphatic heterocycles. The first-order valence-electron chi connectivity index (χ1n) is 6.14. The summed E-state index contributed by atoms with van der Waals surface area (Å²) in [5.41, 5.74) is 6.31. The largest absolute Gasteiger partial charge is 0.480 e. The second kappa shape index (κ2) is 6.73. The molecule has 0 aromatic heterocycles. The number of benzene rings is 1. The molecular formula is C12H17N3O6S. The van der Waals surface area contributed by atoms with Gasteiger partial charge in [-0.1, -0.05) is 6.07 Å². The molecule has 1 atom stereocenters. The molecule has 0 saturated carbocycles. The molecule has 2 amide bonds. The number of aliphatic carboxylic acids is 1. The van der Waals surface area contributed by atoms with Gasteiger partial charge in [-0.2, -0.15) is 8.42 Å². The molecule has 1 rings (SSSR count). The zero-order valence-electron chi connectivity index (χ0n) is 12.0. The molecule has 0 radical (unpaired) electrons. The molecule has 0 spiro atoms. The molecular weight excluding hydrogens is 314 g/mol. The molecule has 122 valence electrons. The standard InChI is InChI=1S/C12H17N3O6S/c1-6-3-7(2)10(22(19,20)21)4-9(6)15-12(18)14-5-8(13)11(16)17/h3-4,8H,5,13H2,1-2H3,(H,16,17)(H2,14,15,18)(H,19,20,21). The van der Waals surface area contributed by atoms with E-state index in [1.807, 2.05) is 0 Å². The summed E-state index contributed by atoms with van der Waals surface area (Å²) in [5.74, 6) is -1.26. The first-order valence-corrected chi connectivity index (χ1v) is 7.58. The number of carboxylic acids is 1. The van der Waals surface area contributed by atoms with Gasteiger partial charge in [-0.25, -0.2) is 4.79 Å². The average Bonchev–Trinajstić information content (AvgIpc) is 2.37. The van der Waals surface area contributed by atoms with E-state index in [1.165, 1.54) is 13.0 Å². The lowest BCUT2D eigenvalue weighted by atomic mass is 10.1. The second-order valence-corrected chi connectivity index (χ2v) is 6.08. The van der Waals surface area contributed by atoms with Gasteiger partial charge in [0, 0.05) is 12.2 Å². The number of nitrogens with two attached hydrogens (primary N) is 1. The lowest BCUT2D eigenvalue weighted by Gasteiger charge is -2.13. The Morgan fingerprint density at radius 2 is 1.86 bits per heavy atom. The number of carbonyl (C=O) groups is 2. The third kappa shape index (κ3) is 4.69. The third-order valence-corrected chi connectivity index (χ3v) is 3.84. The van der Waals surface area contributed by atoms with Crippen LogP contribution in [0, 0.1) is 13.8 Å². The average molecular weight is 331 g/mol. The van der Waals surface area contributed by atoms with Crippen LogP contribution < -0.4 is 16.4 Å². The van der Waals surface area contributed by atoms with E-state index >= 15 is 0 Å². The van der Waals surface area contributed by atoms with Crippen molar-refractivity contribution in [1.82, 2.24) is 5.32 Å². The quantitative estimate of drug-likeness (QED) is 0.478. The Balaban J connectivity index is 2.90. The topological polar surface area (TPSA) is 159 Å². The Labute approximate surface area is 127 Å². The highest BCUT2D eigenvalue weighted by Gasteiger charge is 2.17. The van der Waals surface area contributed by atoms with E-state index in [9.17, 15) is 18.0 Å². The van der Waals surface area contributed by atoms with Crippen molar-refractivity contribution in [2.75, 3.05) is 11.9 Å². The van der Waals surface area contributed by atoms with Gasteiger partial charge in [-0.05, 0) is 31.0 Å². The minimum Gasteiger partial charge on any atom is -0.480 e. The van der Waals surface area contributed by atoms with Crippen LogP contribution in [0.4, 0.5) is 10.5 Å². The van der Waals surface area contributed by atoms with E-state index in [4.69, 9.17) is 15.4 Å². The van der Waals surface area contributed by atoms with Gasteiger partial charge >= 0.3 is 12.0 Å². The smallest absolute Gasteiger partial charge is 0.322 e. The first kappa shape index (κ1) is 17.9. The number of anilines is 1. The zero-order chi connectivity index (χ0) is 17.1. The number of aryl methyl sites for hydroxylation is 2. The predicted molar refractivity (Wildman–Crippen MR) is 78.4 cm³/mol. The summed E-state index contributed by atoms with van der Waals surface area (Å²) in [6.45, 7) is 2.85. The summed E-state index contributed by atoms with van der Waals surface area (Å²) in [7, 11) is -4.41. The first-order chi connectivity index (χ1) is 10.0. The highest BCUT2D eigenvalue weighted by Crippen LogP contribution is 2.24. The van der Waals surface area contributed by atoms with Crippen molar-refractivity contribution in [2.45, 2.75) is 24.8 Å². The van der Waals surface area contributed by atoms with Crippen LogP contribution in [0.5, 0.6) is 0 Å². The van der Waals surface area contributed by atoms with Crippen LogP contribution in [0.3, 0.4) is 0 Å². The van der Waals surface area contributed by atoms with Crippen molar-refractivity contribution < 1.29 is 27.7 Å². The summed E-state index contributed by atoms with van der Waals surface area (Å²) in [6, 6.07) is 0.612. The summed E-state index contributed by atoms with van der Waals surface area (Å²) >= 11 is 0. The number of hydrogen-bond donors (Lipinski definition) is 5. The van der Waals surface area contributed by atoms with Gasteiger partial charge in [-0.15, -0.1) is 0 Å². The van der Waals surface area contributed by atoms with E-state index in [-0.39, 0.29) is 17.1 Å². The van der Waals surface area contributed by atoms with Crippen molar-refractivity contribution in [3.63, 3.8) is 0 Å². The maximum Gasteiger partial charge on any atom is 0.322 e. The fraction of sp³-hybridized carbons (Fsp3) is 0.333. The van der Waals surface area contributed by atoms with Gasteiger partial charge in [0.25, 0.3) is 10.1 Å². The number of urea groups is 1. The van der Waals surface area contributed by atoms with Gasteiger partial charge in [0.15, 0.2) is 0 Å². The monoisotopic (exact) mass is 331 g/mol. The van der Waals surface area contributed by atoms with Gasteiger partial charge in [0.2, 0.25) is 0 Å². The maximum absolute atomic E-state index is 11.7. The summed E-state index contributed by atoms with van der Waals surface area (Å²) in [6.07, 6.45) is 0. The molecule has 0 fully saturated rings. The van der Waals surface area contributed by atoms with E-state index in [0.29, 0.717) is 11.1 Å².